The lowest BCUT2D eigenvalue weighted by Crippen LogP contribution is -2.57. The van der Waals surface area contributed by atoms with Gasteiger partial charge in [-0.1, -0.05) is 20.8 Å². The molecule has 0 bridgehead atoms. The van der Waals surface area contributed by atoms with Crippen LogP contribution in [0.2, 0.25) is 0 Å². The molecule has 5 fully saturated rings. The van der Waals surface area contributed by atoms with Gasteiger partial charge in [0.1, 0.15) is 6.29 Å². The van der Waals surface area contributed by atoms with Crippen LogP contribution in [0.15, 0.2) is 0 Å². The number of methoxy groups -OCH3 is 1. The van der Waals surface area contributed by atoms with Crippen molar-refractivity contribution in [1.82, 2.24) is 0 Å². The minimum Gasteiger partial charge on any atom is -0.381 e. The third-order valence-electron chi connectivity index (χ3n) is 11.3. The van der Waals surface area contributed by atoms with Crippen LogP contribution in [0.4, 0.5) is 0 Å². The summed E-state index contributed by atoms with van der Waals surface area (Å²) >= 11 is 0. The summed E-state index contributed by atoms with van der Waals surface area (Å²) in [6.07, 6.45) is 14.9. The molecule has 152 valence electrons. The zero-order valence-corrected chi connectivity index (χ0v) is 18.0. The molecule has 2 nitrogen and oxygen atoms in total. The van der Waals surface area contributed by atoms with E-state index in [9.17, 15) is 4.79 Å². The fourth-order valence-corrected chi connectivity index (χ4v) is 10.1. The van der Waals surface area contributed by atoms with E-state index in [1.165, 1.54) is 51.4 Å². The molecule has 10 atom stereocenters. The zero-order valence-electron chi connectivity index (χ0n) is 18.0. The molecule has 0 amide bonds. The van der Waals surface area contributed by atoms with Gasteiger partial charge < -0.3 is 9.53 Å². The summed E-state index contributed by atoms with van der Waals surface area (Å²) in [6.45, 7) is 7.73. The molecular weight excluding hydrogens is 332 g/mol. The van der Waals surface area contributed by atoms with Crippen molar-refractivity contribution in [3.8, 4) is 0 Å². The molecule has 0 saturated heterocycles. The first-order valence-corrected chi connectivity index (χ1v) is 11.9. The van der Waals surface area contributed by atoms with E-state index in [0.717, 1.165) is 48.7 Å². The molecule has 0 N–H and O–H groups in total. The van der Waals surface area contributed by atoms with Gasteiger partial charge in [0.25, 0.3) is 0 Å². The number of rotatable bonds is 5. The van der Waals surface area contributed by atoms with Crippen LogP contribution in [0.1, 0.15) is 85.0 Å². The molecular formula is C25H40O2. The van der Waals surface area contributed by atoms with E-state index in [0.29, 0.717) is 28.3 Å². The van der Waals surface area contributed by atoms with Gasteiger partial charge in [0, 0.05) is 18.9 Å². The van der Waals surface area contributed by atoms with E-state index in [2.05, 4.69) is 20.8 Å². The van der Waals surface area contributed by atoms with Crippen LogP contribution < -0.4 is 0 Å². The van der Waals surface area contributed by atoms with E-state index in [4.69, 9.17) is 4.74 Å². The van der Waals surface area contributed by atoms with Crippen LogP contribution in [-0.2, 0) is 9.53 Å². The molecule has 5 aliphatic carbocycles. The van der Waals surface area contributed by atoms with Crippen molar-refractivity contribution < 1.29 is 9.53 Å². The molecule has 0 aliphatic heterocycles. The summed E-state index contributed by atoms with van der Waals surface area (Å²) in [5.74, 6) is 5.21. The standard InChI is InChI=1S/C25H40O2/c1-16(6-5-13-26)19-7-8-20-18-14-22(27-4)25-15-17(25)9-12-24(25,3)21(18)10-11-23(19,20)2/h13,16-22H,5-12,14-15H2,1-4H3/t16-,17+,18+,19-,20+,21+,22-,23-,24-,25?/m1/s1. The van der Waals surface area contributed by atoms with Crippen molar-refractivity contribution in [2.75, 3.05) is 7.11 Å². The molecule has 1 spiro atoms. The third-order valence-corrected chi connectivity index (χ3v) is 11.3. The maximum absolute atomic E-state index is 10.9. The van der Waals surface area contributed by atoms with Gasteiger partial charge >= 0.3 is 0 Å². The Labute approximate surface area is 166 Å². The van der Waals surface area contributed by atoms with Gasteiger partial charge in [0.05, 0.1) is 6.10 Å². The molecule has 5 rings (SSSR count). The Bertz CT molecular complexity index is 615. The van der Waals surface area contributed by atoms with Crippen molar-refractivity contribution >= 4 is 6.29 Å². The average molecular weight is 373 g/mol. The zero-order chi connectivity index (χ0) is 19.0. The summed E-state index contributed by atoms with van der Waals surface area (Å²) in [4.78, 5) is 10.9. The highest BCUT2D eigenvalue weighted by Crippen LogP contribution is 2.82. The maximum atomic E-state index is 10.9. The van der Waals surface area contributed by atoms with Gasteiger partial charge in [0.2, 0.25) is 0 Å². The Morgan fingerprint density at radius 1 is 1.11 bits per heavy atom. The Hall–Kier alpha value is -0.370. The fourth-order valence-electron chi connectivity index (χ4n) is 10.1. The van der Waals surface area contributed by atoms with Crippen molar-refractivity contribution in [2.24, 2.45) is 51.8 Å². The Kier molecular flexibility index (Phi) is 4.19. The molecule has 0 aromatic carbocycles. The second-order valence-electron chi connectivity index (χ2n) is 11.7. The smallest absolute Gasteiger partial charge is 0.120 e. The van der Waals surface area contributed by atoms with Crippen LogP contribution in [0.3, 0.4) is 0 Å². The van der Waals surface area contributed by atoms with Crippen molar-refractivity contribution in [2.45, 2.75) is 91.1 Å². The maximum Gasteiger partial charge on any atom is 0.120 e. The van der Waals surface area contributed by atoms with Gasteiger partial charge in [-0.3, -0.25) is 0 Å². The molecule has 0 radical (unpaired) electrons. The monoisotopic (exact) mass is 372 g/mol. The molecule has 0 heterocycles. The largest absolute Gasteiger partial charge is 0.381 e. The Morgan fingerprint density at radius 2 is 1.93 bits per heavy atom. The quantitative estimate of drug-likeness (QED) is 0.563. The molecule has 5 aliphatic rings. The minimum atomic E-state index is 0.504. The van der Waals surface area contributed by atoms with Gasteiger partial charge in [-0.25, -0.2) is 0 Å². The molecule has 1 unspecified atom stereocenters. The second kappa shape index (κ2) is 6.07. The lowest BCUT2D eigenvalue weighted by molar-refractivity contribution is -0.161. The van der Waals surface area contributed by atoms with Crippen LogP contribution in [-0.4, -0.2) is 19.5 Å². The number of hydrogen-bond acceptors (Lipinski definition) is 2. The van der Waals surface area contributed by atoms with Gasteiger partial charge in [0.15, 0.2) is 0 Å². The SMILES string of the molecule is CO[C@@H]1C[C@H]2[C@@H]3CC[C@H]([C@H](C)CCC=O)[C@@]3(C)CC[C@@H]2[C@@]2(C)CC[C@H]3CC312. The number of hydrogen-bond donors (Lipinski definition) is 0. The second-order valence-corrected chi connectivity index (χ2v) is 11.7. The normalized spacial score (nSPS) is 56.6. The summed E-state index contributed by atoms with van der Waals surface area (Å²) in [6, 6.07) is 0. The number of fused-ring (bicyclic) bond motifs is 4. The van der Waals surface area contributed by atoms with E-state index in [1.807, 2.05) is 7.11 Å². The van der Waals surface area contributed by atoms with E-state index >= 15 is 0 Å². The van der Waals surface area contributed by atoms with E-state index in [-0.39, 0.29) is 0 Å². The third kappa shape index (κ3) is 2.20. The number of ether oxygens (including phenoxy) is 1. The van der Waals surface area contributed by atoms with E-state index in [1.54, 1.807) is 0 Å². The van der Waals surface area contributed by atoms with Crippen LogP contribution >= 0.6 is 0 Å². The number of aldehydes is 1. The first kappa shape index (κ1) is 18.6. The van der Waals surface area contributed by atoms with Crippen LogP contribution in [0, 0.1) is 51.8 Å². The van der Waals surface area contributed by atoms with Crippen molar-refractivity contribution in [1.29, 1.82) is 0 Å². The number of carbonyl (C=O) groups is 1. The van der Waals surface area contributed by atoms with Crippen LogP contribution in [0.5, 0.6) is 0 Å². The lowest BCUT2D eigenvalue weighted by atomic mass is 9.45. The molecule has 0 aromatic rings. The van der Waals surface area contributed by atoms with E-state index < -0.39 is 0 Å². The summed E-state index contributed by atoms with van der Waals surface area (Å²) in [7, 11) is 1.99. The highest BCUT2D eigenvalue weighted by atomic mass is 16.5. The van der Waals surface area contributed by atoms with Gasteiger partial charge in [-0.15, -0.1) is 0 Å². The first-order chi connectivity index (χ1) is 12.9. The highest BCUT2D eigenvalue weighted by Gasteiger charge is 2.77. The predicted octanol–water partition coefficient (Wildman–Crippen LogP) is 5.89. The minimum absolute atomic E-state index is 0.504. The highest BCUT2D eigenvalue weighted by molar-refractivity contribution is 5.49. The molecule has 27 heavy (non-hydrogen) atoms. The molecule has 5 saturated carbocycles. The van der Waals surface area contributed by atoms with Crippen LogP contribution in [0.25, 0.3) is 0 Å². The number of carbonyl (C=O) groups excluding carboxylic acids is 1. The average Bonchev–Trinajstić information content (AvgIpc) is 3.16. The van der Waals surface area contributed by atoms with Gasteiger partial charge in [-0.2, -0.15) is 0 Å². The Balaban J connectivity index is 1.43. The Morgan fingerprint density at radius 3 is 2.63 bits per heavy atom. The summed E-state index contributed by atoms with van der Waals surface area (Å²) < 4.78 is 6.23. The van der Waals surface area contributed by atoms with Crippen molar-refractivity contribution in [3.05, 3.63) is 0 Å². The lowest BCUT2D eigenvalue weighted by Gasteiger charge is -2.61. The molecule has 0 aromatic heterocycles. The van der Waals surface area contributed by atoms with Gasteiger partial charge in [-0.05, 0) is 104 Å². The summed E-state index contributed by atoms with van der Waals surface area (Å²) in [5.41, 5.74) is 1.60. The predicted molar refractivity (Wildman–Crippen MR) is 108 cm³/mol. The first-order valence-electron chi connectivity index (χ1n) is 11.9. The summed E-state index contributed by atoms with van der Waals surface area (Å²) in [5, 5.41) is 0. The topological polar surface area (TPSA) is 26.3 Å². The van der Waals surface area contributed by atoms with Crippen molar-refractivity contribution in [3.63, 3.8) is 0 Å². The molecule has 2 heteroatoms. The fraction of sp³-hybridized carbons (Fsp3) is 0.960.